The monoisotopic (exact) mass is 626 g/mol. The largest absolute Gasteiger partial charge is 0.380 e. The molecule has 0 fully saturated rings. The van der Waals surface area contributed by atoms with Crippen molar-refractivity contribution in [2.24, 2.45) is 5.16 Å². The van der Waals surface area contributed by atoms with Gasteiger partial charge in [-0.05, 0) is 92.6 Å². The minimum absolute atomic E-state index is 0.00771. The maximum atomic E-state index is 13.6. The topological polar surface area (TPSA) is 69.9 Å². The van der Waals surface area contributed by atoms with Gasteiger partial charge in [0.1, 0.15) is 0 Å². The van der Waals surface area contributed by atoms with Gasteiger partial charge in [0.05, 0.1) is 12.3 Å². The number of oxime groups is 1. The van der Waals surface area contributed by atoms with Crippen LogP contribution in [0.2, 0.25) is 5.02 Å². The van der Waals surface area contributed by atoms with Gasteiger partial charge in [0, 0.05) is 68.5 Å². The summed E-state index contributed by atoms with van der Waals surface area (Å²) in [4.78, 5) is 31.5. The first kappa shape index (κ1) is 31.5. The third-order valence-electron chi connectivity index (χ3n) is 7.44. The van der Waals surface area contributed by atoms with E-state index >= 15 is 0 Å². The van der Waals surface area contributed by atoms with E-state index < -0.39 is 5.97 Å². The number of rotatable bonds is 13. The van der Waals surface area contributed by atoms with Crippen LogP contribution in [0.15, 0.2) is 95.0 Å². The SMILES string of the molecule is CCOCCn1c2ccc(C(=O)c3ccccc3C)cc2c2cc(/C(CCCSc3ccc(Cl)cc3)=N/OC(C)=O)ccc21. The van der Waals surface area contributed by atoms with Crippen LogP contribution in [0.3, 0.4) is 0 Å². The molecule has 0 spiro atoms. The van der Waals surface area contributed by atoms with E-state index in [4.69, 9.17) is 21.2 Å². The number of carbonyl (C=O) groups excluding carboxylic acids is 2. The van der Waals surface area contributed by atoms with Gasteiger partial charge in [0.15, 0.2) is 5.78 Å². The van der Waals surface area contributed by atoms with E-state index in [0.717, 1.165) is 50.0 Å². The number of aromatic nitrogens is 1. The maximum Gasteiger partial charge on any atom is 0.331 e. The lowest BCUT2D eigenvalue weighted by molar-refractivity contribution is -0.140. The molecule has 5 rings (SSSR count). The van der Waals surface area contributed by atoms with Crippen LogP contribution in [0.5, 0.6) is 0 Å². The minimum atomic E-state index is -0.467. The van der Waals surface area contributed by atoms with Gasteiger partial charge in [-0.3, -0.25) is 4.79 Å². The normalized spacial score (nSPS) is 11.8. The lowest BCUT2D eigenvalue weighted by atomic mass is 9.97. The van der Waals surface area contributed by atoms with E-state index in [-0.39, 0.29) is 5.78 Å². The molecule has 8 heteroatoms. The van der Waals surface area contributed by atoms with Gasteiger partial charge in [-0.15, -0.1) is 11.8 Å². The van der Waals surface area contributed by atoms with Crippen LogP contribution >= 0.6 is 23.4 Å². The van der Waals surface area contributed by atoms with Gasteiger partial charge in [0.25, 0.3) is 0 Å². The van der Waals surface area contributed by atoms with Crippen LogP contribution in [0.4, 0.5) is 0 Å². The van der Waals surface area contributed by atoms with Crippen molar-refractivity contribution < 1.29 is 19.2 Å². The van der Waals surface area contributed by atoms with Gasteiger partial charge in [-0.25, -0.2) is 4.79 Å². The van der Waals surface area contributed by atoms with Crippen LogP contribution < -0.4 is 0 Å². The second-order valence-corrected chi connectivity index (χ2v) is 12.1. The van der Waals surface area contributed by atoms with Crippen molar-refractivity contribution in [3.8, 4) is 0 Å². The Labute approximate surface area is 267 Å². The third kappa shape index (κ3) is 7.41. The molecule has 4 aromatic carbocycles. The third-order valence-corrected chi connectivity index (χ3v) is 8.79. The summed E-state index contributed by atoms with van der Waals surface area (Å²) in [6.07, 6.45) is 1.45. The van der Waals surface area contributed by atoms with Gasteiger partial charge in [-0.2, -0.15) is 0 Å². The van der Waals surface area contributed by atoms with Gasteiger partial charge >= 0.3 is 5.97 Å². The van der Waals surface area contributed by atoms with E-state index in [1.807, 2.05) is 86.6 Å². The van der Waals surface area contributed by atoms with Crippen molar-refractivity contribution >= 4 is 62.6 Å². The Bertz CT molecular complexity index is 1830. The fourth-order valence-electron chi connectivity index (χ4n) is 5.27. The molecule has 44 heavy (non-hydrogen) atoms. The number of thioether (sulfide) groups is 1. The molecule has 0 saturated carbocycles. The number of ketones is 1. The van der Waals surface area contributed by atoms with Crippen LogP contribution in [0.25, 0.3) is 21.8 Å². The van der Waals surface area contributed by atoms with Crippen molar-refractivity contribution in [1.82, 2.24) is 4.57 Å². The van der Waals surface area contributed by atoms with Crippen molar-refractivity contribution in [1.29, 1.82) is 0 Å². The Morgan fingerprint density at radius 3 is 2.27 bits per heavy atom. The fraction of sp³-hybridized carbons (Fsp3) is 0.250. The zero-order valence-electron chi connectivity index (χ0n) is 25.1. The van der Waals surface area contributed by atoms with Crippen LogP contribution in [-0.4, -0.2) is 41.0 Å². The quantitative estimate of drug-likeness (QED) is 0.0326. The number of halogens is 1. The van der Waals surface area contributed by atoms with Crippen molar-refractivity contribution in [2.45, 2.75) is 45.1 Å². The number of aryl methyl sites for hydroxylation is 1. The van der Waals surface area contributed by atoms with Gasteiger partial charge in [0.2, 0.25) is 0 Å². The Morgan fingerprint density at radius 2 is 1.59 bits per heavy atom. The highest BCUT2D eigenvalue weighted by molar-refractivity contribution is 7.99. The summed E-state index contributed by atoms with van der Waals surface area (Å²) in [6, 6.07) is 27.5. The predicted octanol–water partition coefficient (Wildman–Crippen LogP) is 8.86. The number of carbonyl (C=O) groups is 2. The number of fused-ring (bicyclic) bond motifs is 3. The first-order chi connectivity index (χ1) is 21.4. The smallest absolute Gasteiger partial charge is 0.331 e. The highest BCUT2D eigenvalue weighted by Crippen LogP contribution is 2.32. The molecule has 0 N–H and O–H groups in total. The summed E-state index contributed by atoms with van der Waals surface area (Å²) < 4.78 is 7.93. The fourth-order valence-corrected chi connectivity index (χ4v) is 6.25. The molecule has 0 saturated heterocycles. The van der Waals surface area contributed by atoms with E-state index in [0.29, 0.717) is 48.0 Å². The zero-order chi connectivity index (χ0) is 31.1. The molecule has 0 atom stereocenters. The van der Waals surface area contributed by atoms with Crippen LogP contribution in [0, 0.1) is 6.92 Å². The molecule has 0 aliphatic heterocycles. The minimum Gasteiger partial charge on any atom is -0.380 e. The number of benzene rings is 4. The number of nitrogens with zero attached hydrogens (tertiary/aromatic N) is 2. The Hall–Kier alpha value is -3.91. The van der Waals surface area contributed by atoms with E-state index in [1.54, 1.807) is 11.8 Å². The highest BCUT2D eigenvalue weighted by atomic mass is 35.5. The maximum absolute atomic E-state index is 13.6. The molecule has 0 bridgehead atoms. The molecule has 1 heterocycles. The summed E-state index contributed by atoms with van der Waals surface area (Å²) in [5, 5.41) is 6.95. The summed E-state index contributed by atoms with van der Waals surface area (Å²) in [7, 11) is 0. The molecular formula is C36H35ClN2O4S. The lowest BCUT2D eigenvalue weighted by Crippen LogP contribution is -2.07. The lowest BCUT2D eigenvalue weighted by Gasteiger charge is -2.09. The van der Waals surface area contributed by atoms with Crippen molar-refractivity contribution in [2.75, 3.05) is 19.0 Å². The van der Waals surface area contributed by atoms with E-state index in [2.05, 4.69) is 21.9 Å². The molecule has 0 aliphatic rings. The number of hydrogen-bond donors (Lipinski definition) is 0. The van der Waals surface area contributed by atoms with E-state index in [9.17, 15) is 9.59 Å². The second kappa shape index (κ2) is 14.7. The molecular weight excluding hydrogens is 592 g/mol. The summed E-state index contributed by atoms with van der Waals surface area (Å²) in [6.45, 7) is 7.18. The van der Waals surface area contributed by atoms with Crippen LogP contribution in [-0.2, 0) is 20.9 Å². The molecule has 5 aromatic rings. The second-order valence-electron chi connectivity index (χ2n) is 10.5. The van der Waals surface area contributed by atoms with Crippen LogP contribution in [0.1, 0.15) is 53.7 Å². The highest BCUT2D eigenvalue weighted by Gasteiger charge is 2.18. The van der Waals surface area contributed by atoms with E-state index in [1.165, 1.54) is 6.92 Å². The molecule has 6 nitrogen and oxygen atoms in total. The molecule has 0 amide bonds. The Morgan fingerprint density at radius 1 is 0.909 bits per heavy atom. The summed E-state index contributed by atoms with van der Waals surface area (Å²) in [5.41, 5.74) is 5.90. The average molecular weight is 627 g/mol. The molecule has 0 unspecified atom stereocenters. The number of ether oxygens (including phenoxy) is 1. The van der Waals surface area contributed by atoms with Gasteiger partial charge in [-0.1, -0.05) is 47.1 Å². The zero-order valence-corrected chi connectivity index (χ0v) is 26.7. The van der Waals surface area contributed by atoms with Gasteiger partial charge < -0.3 is 14.1 Å². The first-order valence-corrected chi connectivity index (χ1v) is 16.1. The standard InChI is InChI=1S/C36H35ClN2O4S/c1-4-42-20-19-39-34-17-11-26(33(38-43-25(3)40)10-7-21-44-29-15-13-28(37)14-16-29)22-31(34)32-23-27(12-18-35(32)39)36(41)30-9-6-5-8-24(30)2/h5-6,8-9,11-18,22-23H,4,7,10,19-21H2,1-3H3/b38-33+. The summed E-state index contributed by atoms with van der Waals surface area (Å²) in [5.74, 6) is 0.391. The van der Waals surface area contributed by atoms with Crippen molar-refractivity contribution in [3.63, 3.8) is 0 Å². The predicted molar refractivity (Wildman–Crippen MR) is 180 cm³/mol. The summed E-state index contributed by atoms with van der Waals surface area (Å²) >= 11 is 7.76. The molecule has 0 radical (unpaired) electrons. The van der Waals surface area contributed by atoms with Crippen molar-refractivity contribution in [3.05, 3.63) is 112 Å². The molecule has 226 valence electrons. The first-order valence-electron chi connectivity index (χ1n) is 14.7. The average Bonchev–Trinajstić information content (AvgIpc) is 3.33. The molecule has 1 aromatic heterocycles. The Kier molecular flexibility index (Phi) is 10.5. The Balaban J connectivity index is 1.51. The molecule has 0 aliphatic carbocycles. The number of hydrogen-bond acceptors (Lipinski definition) is 6.